The highest BCUT2D eigenvalue weighted by Gasteiger charge is 2.48. The normalized spacial score (nSPS) is 28.7. The fraction of sp³-hybridized carbons (Fsp3) is 0.435. The van der Waals surface area contributed by atoms with Crippen LogP contribution in [-0.4, -0.2) is 64.4 Å². The Bertz CT molecular complexity index is 1130. The lowest BCUT2D eigenvalue weighted by molar-refractivity contribution is 0.00794. The van der Waals surface area contributed by atoms with E-state index in [9.17, 15) is 14.6 Å². The van der Waals surface area contributed by atoms with E-state index in [2.05, 4.69) is 9.97 Å². The van der Waals surface area contributed by atoms with Crippen LogP contribution >= 0.6 is 0 Å². The Balaban J connectivity index is 1.26. The van der Waals surface area contributed by atoms with Gasteiger partial charge in [0.15, 0.2) is 17.8 Å². The van der Waals surface area contributed by atoms with E-state index in [0.29, 0.717) is 29.1 Å². The maximum Gasteiger partial charge on any atom is 0.193 e. The van der Waals surface area contributed by atoms with Crippen LogP contribution in [0, 0.1) is 5.82 Å². The van der Waals surface area contributed by atoms with Crippen LogP contribution < -0.4 is 4.74 Å². The Hall–Kier alpha value is -2.52. The Labute approximate surface area is 177 Å². The topological polar surface area (TPSA) is 96.8 Å². The van der Waals surface area contributed by atoms with Gasteiger partial charge in [0.2, 0.25) is 0 Å². The van der Waals surface area contributed by atoms with Crippen LogP contribution in [-0.2, 0) is 14.9 Å². The summed E-state index contributed by atoms with van der Waals surface area (Å²) in [6.45, 7) is 0.682. The molecule has 3 N–H and O–H groups in total. The van der Waals surface area contributed by atoms with Gasteiger partial charge in [0, 0.05) is 23.1 Å². The third-order valence-electron chi connectivity index (χ3n) is 6.72. The van der Waals surface area contributed by atoms with Crippen LogP contribution in [0.5, 0.6) is 5.88 Å². The molecular formula is C23H23FN2O5. The molecule has 1 aromatic carbocycles. The van der Waals surface area contributed by atoms with Gasteiger partial charge in [0.05, 0.1) is 30.9 Å². The lowest BCUT2D eigenvalue weighted by atomic mass is 9.95. The summed E-state index contributed by atoms with van der Waals surface area (Å²) >= 11 is 0. The second-order valence-corrected chi connectivity index (χ2v) is 8.72. The summed E-state index contributed by atoms with van der Waals surface area (Å²) in [6.07, 6.45) is 0.261. The molecular weight excluding hydrogens is 403 g/mol. The van der Waals surface area contributed by atoms with Crippen LogP contribution in [0.25, 0.3) is 22.3 Å². The first kappa shape index (κ1) is 19.2. The first-order chi connectivity index (χ1) is 15.1. The summed E-state index contributed by atoms with van der Waals surface area (Å²) in [6, 6.07) is 10.7. The number of pyridine rings is 1. The molecule has 3 fully saturated rings. The molecule has 8 heteroatoms. The molecule has 0 amide bonds. The molecule has 0 radical (unpaired) electrons. The van der Waals surface area contributed by atoms with Crippen LogP contribution in [0.2, 0.25) is 0 Å². The predicted octanol–water partition coefficient (Wildman–Crippen LogP) is 2.30. The number of benzene rings is 1. The van der Waals surface area contributed by atoms with Gasteiger partial charge in [-0.1, -0.05) is 24.3 Å². The van der Waals surface area contributed by atoms with Crippen molar-refractivity contribution < 1.29 is 28.8 Å². The van der Waals surface area contributed by atoms with Crippen molar-refractivity contribution in [3.05, 3.63) is 47.8 Å². The molecule has 0 spiro atoms. The molecule has 3 aliphatic rings. The average molecular weight is 426 g/mol. The minimum Gasteiger partial charge on any atom is -0.470 e. The van der Waals surface area contributed by atoms with Crippen molar-refractivity contribution in [3.63, 3.8) is 0 Å². The molecule has 4 atom stereocenters. The molecule has 31 heavy (non-hydrogen) atoms. The monoisotopic (exact) mass is 426 g/mol. The molecule has 2 saturated heterocycles. The fourth-order valence-electron chi connectivity index (χ4n) is 4.65. The zero-order chi connectivity index (χ0) is 21.2. The number of hydrogen-bond donors (Lipinski definition) is 3. The molecule has 3 aromatic rings. The SMILES string of the molecule is OCC1(c2ccc(-c3nc4cc(OC5COC6C(O)COC56)[nH]c4cc3F)cc2)CC1. The number of ether oxygens (including phenoxy) is 3. The minimum absolute atomic E-state index is 0.122. The van der Waals surface area contributed by atoms with Gasteiger partial charge in [-0.05, 0) is 18.4 Å². The van der Waals surface area contributed by atoms with E-state index in [1.807, 2.05) is 24.3 Å². The first-order valence-corrected chi connectivity index (χ1v) is 10.6. The molecule has 2 aromatic heterocycles. The third-order valence-corrected chi connectivity index (χ3v) is 6.72. The third kappa shape index (κ3) is 3.13. The Kier molecular flexibility index (Phi) is 4.33. The number of aliphatic hydroxyl groups is 2. The maximum atomic E-state index is 14.8. The molecule has 6 rings (SSSR count). The number of aromatic amines is 1. The van der Waals surface area contributed by atoms with E-state index in [1.165, 1.54) is 6.07 Å². The van der Waals surface area contributed by atoms with Gasteiger partial charge in [0.25, 0.3) is 0 Å². The molecule has 2 aliphatic heterocycles. The van der Waals surface area contributed by atoms with Gasteiger partial charge in [-0.3, -0.25) is 0 Å². The van der Waals surface area contributed by atoms with E-state index in [0.717, 1.165) is 18.4 Å². The van der Waals surface area contributed by atoms with Gasteiger partial charge in [0.1, 0.15) is 24.0 Å². The summed E-state index contributed by atoms with van der Waals surface area (Å²) in [7, 11) is 0. The van der Waals surface area contributed by atoms with E-state index < -0.39 is 11.9 Å². The van der Waals surface area contributed by atoms with Crippen molar-refractivity contribution in [3.8, 4) is 17.1 Å². The van der Waals surface area contributed by atoms with Crippen molar-refractivity contribution in [2.75, 3.05) is 19.8 Å². The number of H-pyrrole nitrogens is 1. The molecule has 1 aliphatic carbocycles. The summed E-state index contributed by atoms with van der Waals surface area (Å²) in [5, 5.41) is 19.5. The summed E-state index contributed by atoms with van der Waals surface area (Å²) in [5.41, 5.74) is 3.03. The zero-order valence-corrected chi connectivity index (χ0v) is 16.8. The maximum absolute atomic E-state index is 14.8. The number of hydrogen-bond acceptors (Lipinski definition) is 6. The van der Waals surface area contributed by atoms with Crippen LogP contribution in [0.3, 0.4) is 0 Å². The van der Waals surface area contributed by atoms with E-state index in [4.69, 9.17) is 14.2 Å². The van der Waals surface area contributed by atoms with E-state index in [-0.39, 0.29) is 42.6 Å². The summed E-state index contributed by atoms with van der Waals surface area (Å²) in [4.78, 5) is 7.56. The smallest absolute Gasteiger partial charge is 0.193 e. The number of aromatic nitrogens is 2. The largest absolute Gasteiger partial charge is 0.470 e. The Morgan fingerprint density at radius 2 is 1.90 bits per heavy atom. The number of halogens is 1. The van der Waals surface area contributed by atoms with Gasteiger partial charge < -0.3 is 29.4 Å². The van der Waals surface area contributed by atoms with Gasteiger partial charge >= 0.3 is 0 Å². The quantitative estimate of drug-likeness (QED) is 0.579. The molecule has 162 valence electrons. The average Bonchev–Trinajstić information content (AvgIpc) is 3.12. The Morgan fingerprint density at radius 1 is 1.13 bits per heavy atom. The first-order valence-electron chi connectivity index (χ1n) is 10.6. The second-order valence-electron chi connectivity index (χ2n) is 8.72. The summed E-state index contributed by atoms with van der Waals surface area (Å²) < 4.78 is 32.0. The van der Waals surface area contributed by atoms with Crippen LogP contribution in [0.4, 0.5) is 4.39 Å². The molecule has 0 bridgehead atoms. The highest BCUT2D eigenvalue weighted by Crippen LogP contribution is 2.47. The van der Waals surface area contributed by atoms with E-state index >= 15 is 0 Å². The lowest BCUT2D eigenvalue weighted by Gasteiger charge is -2.16. The molecule has 7 nitrogen and oxygen atoms in total. The van der Waals surface area contributed by atoms with Gasteiger partial charge in [-0.25, -0.2) is 9.37 Å². The van der Waals surface area contributed by atoms with Crippen molar-refractivity contribution in [1.29, 1.82) is 0 Å². The number of rotatable bonds is 5. The van der Waals surface area contributed by atoms with Gasteiger partial charge in [-0.2, -0.15) is 0 Å². The molecule has 4 unspecified atom stereocenters. The molecule has 4 heterocycles. The summed E-state index contributed by atoms with van der Waals surface area (Å²) in [5.74, 6) is 0.0238. The highest BCUT2D eigenvalue weighted by molar-refractivity contribution is 5.81. The van der Waals surface area contributed by atoms with Gasteiger partial charge in [-0.15, -0.1) is 0 Å². The number of aliphatic hydroxyl groups excluding tert-OH is 2. The minimum atomic E-state index is -0.641. The fourth-order valence-corrected chi connectivity index (χ4v) is 4.65. The second kappa shape index (κ2) is 7.00. The van der Waals surface area contributed by atoms with Crippen molar-refractivity contribution in [1.82, 2.24) is 9.97 Å². The molecule has 1 saturated carbocycles. The van der Waals surface area contributed by atoms with Crippen LogP contribution in [0.1, 0.15) is 18.4 Å². The van der Waals surface area contributed by atoms with Crippen molar-refractivity contribution in [2.45, 2.75) is 42.7 Å². The Morgan fingerprint density at radius 3 is 2.65 bits per heavy atom. The van der Waals surface area contributed by atoms with Crippen molar-refractivity contribution >= 4 is 11.0 Å². The number of fused-ring (bicyclic) bond motifs is 2. The van der Waals surface area contributed by atoms with Crippen molar-refractivity contribution in [2.24, 2.45) is 0 Å². The number of nitrogens with one attached hydrogen (secondary N) is 1. The zero-order valence-electron chi connectivity index (χ0n) is 16.8. The number of nitrogens with zero attached hydrogens (tertiary/aromatic N) is 1. The lowest BCUT2D eigenvalue weighted by Crippen LogP contribution is -2.34. The standard InChI is InChI=1S/C23H23FN2O5/c24-14-7-15-16(8-19(25-15)31-18-10-30-21-17(28)9-29-22(18)21)26-20(14)12-1-3-13(4-2-12)23(11-27)5-6-23/h1-4,7-8,17-18,21-22,25,27-28H,5-6,9-11H2. The predicted molar refractivity (Wildman–Crippen MR) is 109 cm³/mol. The van der Waals surface area contributed by atoms with Crippen LogP contribution in [0.15, 0.2) is 36.4 Å². The highest BCUT2D eigenvalue weighted by atomic mass is 19.1. The van der Waals surface area contributed by atoms with E-state index in [1.54, 1.807) is 6.07 Å².